The van der Waals surface area contributed by atoms with Gasteiger partial charge in [0, 0.05) is 11.0 Å². The van der Waals surface area contributed by atoms with Crippen LogP contribution < -0.4 is 0 Å². The maximum Gasteiger partial charge on any atom is 0.0393 e. The highest BCUT2D eigenvalue weighted by molar-refractivity contribution is 8.68. The van der Waals surface area contributed by atoms with Crippen LogP contribution in [0.4, 0.5) is 0 Å². The van der Waals surface area contributed by atoms with Gasteiger partial charge >= 0.3 is 0 Å². The zero-order chi connectivity index (χ0) is 9.68. The molecule has 0 radical (unpaired) electrons. The number of thioether (sulfide) groups is 1. The first-order valence-corrected chi connectivity index (χ1v) is 7.46. The molecule has 0 saturated carbocycles. The van der Waals surface area contributed by atoms with Crippen LogP contribution in [0.3, 0.4) is 0 Å². The zero-order valence-corrected chi connectivity index (χ0v) is 10.4. The minimum atomic E-state index is 0.572. The van der Waals surface area contributed by atoms with Gasteiger partial charge in [-0.25, -0.2) is 0 Å². The van der Waals surface area contributed by atoms with Crippen molar-refractivity contribution < 1.29 is 0 Å². The van der Waals surface area contributed by atoms with E-state index in [0.717, 1.165) is 5.75 Å². The van der Waals surface area contributed by atoms with Crippen molar-refractivity contribution in [3.8, 4) is 0 Å². The van der Waals surface area contributed by atoms with Crippen LogP contribution in [0.5, 0.6) is 0 Å². The lowest BCUT2D eigenvalue weighted by molar-refractivity contribution is 1.12. The third-order valence-corrected chi connectivity index (χ3v) is 4.11. The number of thiol groups is 1. The van der Waals surface area contributed by atoms with Gasteiger partial charge in [0.2, 0.25) is 0 Å². The number of benzene rings is 1. The fourth-order valence-corrected chi connectivity index (χ4v) is 3.40. The Hall–Kier alpha value is 0.270. The summed E-state index contributed by atoms with van der Waals surface area (Å²) < 4.78 is 0. The lowest BCUT2D eigenvalue weighted by Crippen LogP contribution is -1.95. The maximum atomic E-state index is 4.19. The number of rotatable bonds is 4. The van der Waals surface area contributed by atoms with Crippen LogP contribution in [0.1, 0.15) is 16.4 Å². The molecule has 0 saturated heterocycles. The summed E-state index contributed by atoms with van der Waals surface area (Å²) in [6, 6.07) is 8.75. The molecule has 0 aromatic heterocycles. The van der Waals surface area contributed by atoms with Gasteiger partial charge in [-0.15, -0.1) is 11.7 Å². The summed E-state index contributed by atoms with van der Waals surface area (Å²) in [6.45, 7) is 2.12. The highest BCUT2D eigenvalue weighted by Gasteiger charge is 2.08. The Bertz CT molecular complexity index is 243. The summed E-state index contributed by atoms with van der Waals surface area (Å²) in [4.78, 5) is 0. The molecule has 0 heterocycles. The molecular formula is C10H14S3. The van der Waals surface area contributed by atoms with Crippen molar-refractivity contribution in [2.45, 2.75) is 12.2 Å². The Morgan fingerprint density at radius 2 is 1.92 bits per heavy atom. The Labute approximate surface area is 93.7 Å². The van der Waals surface area contributed by atoms with E-state index in [0.29, 0.717) is 5.25 Å². The van der Waals surface area contributed by atoms with Crippen LogP contribution in [-0.4, -0.2) is 12.0 Å². The van der Waals surface area contributed by atoms with Crippen LogP contribution in [-0.2, 0) is 0 Å². The van der Waals surface area contributed by atoms with Gasteiger partial charge in [-0.2, -0.15) is 11.8 Å². The molecule has 0 bridgehead atoms. The minimum Gasteiger partial charge on any atom is -0.156 e. The summed E-state index contributed by atoms with van der Waals surface area (Å²) in [5, 5.41) is 0.572. The highest BCUT2D eigenvalue weighted by atomic mass is 33.1. The van der Waals surface area contributed by atoms with Crippen LogP contribution >= 0.6 is 34.2 Å². The molecule has 0 N–H and O–H groups in total. The Balaban J connectivity index is 2.73. The maximum absolute atomic E-state index is 4.19. The van der Waals surface area contributed by atoms with Crippen LogP contribution in [0.2, 0.25) is 0 Å². The third-order valence-electron chi connectivity index (χ3n) is 1.96. The molecule has 0 spiro atoms. The van der Waals surface area contributed by atoms with Crippen molar-refractivity contribution in [1.29, 1.82) is 0 Å². The van der Waals surface area contributed by atoms with Gasteiger partial charge in [-0.05, 0) is 18.7 Å². The average Bonchev–Trinajstić information content (AvgIpc) is 2.16. The minimum absolute atomic E-state index is 0.572. The quantitative estimate of drug-likeness (QED) is 0.614. The summed E-state index contributed by atoms with van der Waals surface area (Å²) in [6.07, 6.45) is 2.15. The molecule has 72 valence electrons. The van der Waals surface area contributed by atoms with E-state index in [2.05, 4.69) is 49.1 Å². The molecule has 0 amide bonds. The molecule has 1 atom stereocenters. The summed E-state index contributed by atoms with van der Waals surface area (Å²) in [7, 11) is 1.61. The van der Waals surface area contributed by atoms with Crippen LogP contribution in [0, 0.1) is 6.92 Å². The molecule has 3 heteroatoms. The molecule has 1 unspecified atom stereocenters. The SMILES string of the molecule is CSC(CSS)c1ccc(C)cc1. The largest absolute Gasteiger partial charge is 0.156 e. The fraction of sp³-hybridized carbons (Fsp3) is 0.400. The first-order chi connectivity index (χ1) is 6.27. The molecule has 0 nitrogen and oxygen atoms in total. The smallest absolute Gasteiger partial charge is 0.0393 e. The molecule has 0 fully saturated rings. The molecule has 13 heavy (non-hydrogen) atoms. The molecule has 0 aliphatic carbocycles. The van der Waals surface area contributed by atoms with E-state index in [1.807, 2.05) is 11.8 Å². The van der Waals surface area contributed by atoms with Gasteiger partial charge in [0.05, 0.1) is 0 Å². The molecule has 0 aliphatic heterocycles. The molecular weight excluding hydrogens is 216 g/mol. The summed E-state index contributed by atoms with van der Waals surface area (Å²) >= 11 is 6.07. The number of hydrogen-bond acceptors (Lipinski definition) is 3. The van der Waals surface area contributed by atoms with Crippen molar-refractivity contribution in [2.75, 3.05) is 12.0 Å². The van der Waals surface area contributed by atoms with Crippen molar-refractivity contribution >= 4 is 34.2 Å². The Morgan fingerprint density at radius 3 is 2.38 bits per heavy atom. The predicted molar refractivity (Wildman–Crippen MR) is 68.9 cm³/mol. The van der Waals surface area contributed by atoms with Crippen LogP contribution in [0.15, 0.2) is 24.3 Å². The van der Waals surface area contributed by atoms with Crippen molar-refractivity contribution in [1.82, 2.24) is 0 Å². The number of aryl methyl sites for hydroxylation is 1. The topological polar surface area (TPSA) is 0 Å². The van der Waals surface area contributed by atoms with E-state index in [1.54, 1.807) is 10.8 Å². The third kappa shape index (κ3) is 3.49. The lowest BCUT2D eigenvalue weighted by Gasteiger charge is -2.12. The summed E-state index contributed by atoms with van der Waals surface area (Å²) in [5.74, 6) is 1.06. The Kier molecular flexibility index (Phi) is 5.14. The second-order valence-corrected chi connectivity index (χ2v) is 5.34. The standard InChI is InChI=1S/C10H14S3/c1-8-3-5-9(6-4-8)10(12-2)7-13-11/h3-6,10-11H,7H2,1-2H3. The van der Waals surface area contributed by atoms with E-state index in [9.17, 15) is 0 Å². The monoisotopic (exact) mass is 230 g/mol. The van der Waals surface area contributed by atoms with Gasteiger partial charge in [-0.1, -0.05) is 40.6 Å². The van der Waals surface area contributed by atoms with Crippen molar-refractivity contribution in [3.63, 3.8) is 0 Å². The number of hydrogen-bond donors (Lipinski definition) is 1. The lowest BCUT2D eigenvalue weighted by atomic mass is 10.1. The second-order valence-electron chi connectivity index (χ2n) is 2.93. The van der Waals surface area contributed by atoms with Gasteiger partial charge in [0.25, 0.3) is 0 Å². The van der Waals surface area contributed by atoms with E-state index >= 15 is 0 Å². The van der Waals surface area contributed by atoms with Crippen molar-refractivity contribution in [3.05, 3.63) is 35.4 Å². The van der Waals surface area contributed by atoms with E-state index in [4.69, 9.17) is 0 Å². The molecule has 1 aromatic rings. The first kappa shape index (κ1) is 11.3. The second kappa shape index (κ2) is 5.89. The summed E-state index contributed by atoms with van der Waals surface area (Å²) in [5.41, 5.74) is 2.72. The van der Waals surface area contributed by atoms with E-state index < -0.39 is 0 Å². The molecule has 1 rings (SSSR count). The first-order valence-electron chi connectivity index (χ1n) is 4.13. The fourth-order valence-electron chi connectivity index (χ4n) is 1.15. The van der Waals surface area contributed by atoms with E-state index in [-0.39, 0.29) is 0 Å². The van der Waals surface area contributed by atoms with Gasteiger partial charge in [0.15, 0.2) is 0 Å². The van der Waals surface area contributed by atoms with E-state index in [1.165, 1.54) is 11.1 Å². The Morgan fingerprint density at radius 1 is 1.31 bits per heavy atom. The predicted octanol–water partition coefficient (Wildman–Crippen LogP) is 3.98. The highest BCUT2D eigenvalue weighted by Crippen LogP contribution is 2.31. The average molecular weight is 230 g/mol. The molecule has 0 aliphatic rings. The zero-order valence-electron chi connectivity index (χ0n) is 7.86. The van der Waals surface area contributed by atoms with Gasteiger partial charge in [-0.3, -0.25) is 0 Å². The van der Waals surface area contributed by atoms with Crippen molar-refractivity contribution in [2.24, 2.45) is 0 Å². The van der Waals surface area contributed by atoms with Crippen LogP contribution in [0.25, 0.3) is 0 Å². The van der Waals surface area contributed by atoms with Gasteiger partial charge < -0.3 is 0 Å². The van der Waals surface area contributed by atoms with Gasteiger partial charge in [0.1, 0.15) is 0 Å². The molecule has 1 aromatic carbocycles. The normalized spacial score (nSPS) is 12.8.